The lowest BCUT2D eigenvalue weighted by atomic mass is 10.1. The molecule has 3 aromatic rings. The van der Waals surface area contributed by atoms with Gasteiger partial charge >= 0.3 is 12.1 Å². The summed E-state index contributed by atoms with van der Waals surface area (Å²) in [5.74, 6) is -0.291. The van der Waals surface area contributed by atoms with Gasteiger partial charge in [-0.15, -0.1) is 0 Å². The van der Waals surface area contributed by atoms with E-state index in [-0.39, 0.29) is 24.8 Å². The smallest absolute Gasteiger partial charge is 0.411 e. The topological polar surface area (TPSA) is 95.9 Å². The fraction of sp³-hybridized carbons (Fsp3) is 0.227. The van der Waals surface area contributed by atoms with Gasteiger partial charge in [0, 0.05) is 5.39 Å². The van der Waals surface area contributed by atoms with Crippen LogP contribution < -0.4 is 15.6 Å². The maximum absolute atomic E-state index is 13.0. The zero-order chi connectivity index (χ0) is 22.1. The first-order valence-electron chi connectivity index (χ1n) is 9.51. The largest absolute Gasteiger partial charge is 0.488 e. The lowest BCUT2D eigenvalue weighted by molar-refractivity contribution is 0.0597. The predicted molar refractivity (Wildman–Crippen MR) is 118 cm³/mol. The highest BCUT2D eigenvalue weighted by molar-refractivity contribution is 9.10. The van der Waals surface area contributed by atoms with E-state index in [9.17, 15) is 14.4 Å². The van der Waals surface area contributed by atoms with Crippen LogP contribution in [0, 0.1) is 0 Å². The third-order valence-electron chi connectivity index (χ3n) is 4.99. The second-order valence-electron chi connectivity index (χ2n) is 7.07. The van der Waals surface area contributed by atoms with E-state index in [2.05, 4.69) is 21.2 Å². The molecule has 0 saturated heterocycles. The van der Waals surface area contributed by atoms with Gasteiger partial charge in [-0.1, -0.05) is 30.3 Å². The van der Waals surface area contributed by atoms with Crippen LogP contribution in [-0.4, -0.2) is 30.3 Å². The molecule has 1 amide bonds. The Hall–Kier alpha value is -3.33. The van der Waals surface area contributed by atoms with Gasteiger partial charge in [-0.25, -0.2) is 9.59 Å². The van der Waals surface area contributed by atoms with Crippen LogP contribution in [0.1, 0.15) is 28.9 Å². The number of carbonyl (C=O) groups excluding carboxylic acids is 2. The molecule has 2 heterocycles. The van der Waals surface area contributed by atoms with Crippen molar-refractivity contribution < 1.29 is 23.8 Å². The first-order valence-corrected chi connectivity index (χ1v) is 10.3. The van der Waals surface area contributed by atoms with Crippen molar-refractivity contribution in [2.75, 3.05) is 19.0 Å². The monoisotopic (exact) mass is 486 g/mol. The van der Waals surface area contributed by atoms with E-state index >= 15 is 0 Å². The highest BCUT2D eigenvalue weighted by atomic mass is 79.9. The molecule has 0 bridgehead atoms. The molecule has 0 spiro atoms. The molecule has 1 N–H and O–H groups in total. The van der Waals surface area contributed by atoms with Crippen molar-refractivity contribution in [2.45, 2.75) is 19.6 Å². The van der Waals surface area contributed by atoms with Gasteiger partial charge in [0.05, 0.1) is 28.8 Å². The van der Waals surface area contributed by atoms with Crippen molar-refractivity contribution >= 4 is 44.6 Å². The van der Waals surface area contributed by atoms with Crippen molar-refractivity contribution in [1.29, 1.82) is 0 Å². The van der Waals surface area contributed by atoms with Crippen LogP contribution in [0.2, 0.25) is 0 Å². The van der Waals surface area contributed by atoms with Gasteiger partial charge in [0.25, 0.3) is 5.56 Å². The van der Waals surface area contributed by atoms with E-state index < -0.39 is 17.6 Å². The number of halogens is 1. The van der Waals surface area contributed by atoms with Crippen LogP contribution in [0.4, 0.5) is 10.5 Å². The van der Waals surface area contributed by atoms with Crippen molar-refractivity contribution in [2.24, 2.45) is 0 Å². The molecule has 0 aliphatic carbocycles. The number of carbonyl (C=O) groups is 2. The molecule has 0 radical (unpaired) electrons. The number of nitrogens with one attached hydrogen (secondary N) is 1. The van der Waals surface area contributed by atoms with Gasteiger partial charge in [-0.05, 0) is 40.5 Å². The Morgan fingerprint density at radius 2 is 2.00 bits per heavy atom. The SMILES string of the molecule is COC(=O)c1cc2c(NC(=O)OCc3ccccc3)cc(Br)c3c2n(c1=O)[C@@H](C)CO3. The number of pyridine rings is 1. The summed E-state index contributed by atoms with van der Waals surface area (Å²) >= 11 is 3.44. The van der Waals surface area contributed by atoms with E-state index in [4.69, 9.17) is 14.2 Å². The number of esters is 1. The van der Waals surface area contributed by atoms with Crippen molar-refractivity contribution in [3.05, 3.63) is 68.4 Å². The molecule has 2 aromatic carbocycles. The summed E-state index contributed by atoms with van der Waals surface area (Å²) in [5, 5.41) is 3.16. The maximum atomic E-state index is 13.0. The Kier molecular flexibility index (Phi) is 5.69. The molecular formula is C22H19BrN2O6. The van der Waals surface area contributed by atoms with Gasteiger partial charge in [-0.2, -0.15) is 0 Å². The maximum Gasteiger partial charge on any atom is 0.411 e. The summed E-state index contributed by atoms with van der Waals surface area (Å²) in [6, 6.07) is 12.0. The molecule has 1 aromatic heterocycles. The third-order valence-corrected chi connectivity index (χ3v) is 5.58. The Morgan fingerprint density at radius 1 is 1.26 bits per heavy atom. The summed E-state index contributed by atoms with van der Waals surface area (Å²) in [6.45, 7) is 2.17. The molecule has 4 rings (SSSR count). The Morgan fingerprint density at radius 3 is 2.71 bits per heavy atom. The number of rotatable bonds is 4. The van der Waals surface area contributed by atoms with Crippen LogP contribution in [0.3, 0.4) is 0 Å². The number of ether oxygens (including phenoxy) is 3. The zero-order valence-electron chi connectivity index (χ0n) is 16.8. The first-order chi connectivity index (χ1) is 14.9. The average molecular weight is 487 g/mol. The molecule has 8 nitrogen and oxygen atoms in total. The fourth-order valence-corrected chi connectivity index (χ4v) is 4.05. The molecule has 0 fully saturated rings. The Labute approximate surface area is 185 Å². The summed E-state index contributed by atoms with van der Waals surface area (Å²) in [6.07, 6.45) is -0.673. The average Bonchev–Trinajstić information content (AvgIpc) is 2.77. The van der Waals surface area contributed by atoms with E-state index in [1.54, 1.807) is 6.07 Å². The van der Waals surface area contributed by atoms with E-state index in [0.717, 1.165) is 5.56 Å². The van der Waals surface area contributed by atoms with Gasteiger partial charge in [0.1, 0.15) is 18.8 Å². The van der Waals surface area contributed by atoms with Crippen LogP contribution in [0.5, 0.6) is 5.75 Å². The van der Waals surface area contributed by atoms with Gasteiger partial charge in [-0.3, -0.25) is 14.7 Å². The van der Waals surface area contributed by atoms with Gasteiger partial charge in [0.15, 0.2) is 5.75 Å². The quantitative estimate of drug-likeness (QED) is 0.553. The van der Waals surface area contributed by atoms with Crippen molar-refractivity contribution in [1.82, 2.24) is 4.57 Å². The minimum Gasteiger partial charge on any atom is -0.488 e. The number of benzene rings is 2. The van der Waals surface area contributed by atoms with Crippen LogP contribution in [0.25, 0.3) is 10.9 Å². The molecule has 160 valence electrons. The molecule has 1 aliphatic heterocycles. The minimum absolute atomic E-state index is 0.0993. The summed E-state index contributed by atoms with van der Waals surface area (Å²) < 4.78 is 18.0. The number of anilines is 1. The first kappa shape index (κ1) is 20.9. The van der Waals surface area contributed by atoms with Crippen molar-refractivity contribution in [3.63, 3.8) is 0 Å². The second kappa shape index (κ2) is 8.43. The highest BCUT2D eigenvalue weighted by Gasteiger charge is 2.28. The Bertz CT molecular complexity index is 1240. The van der Waals surface area contributed by atoms with Crippen LogP contribution in [-0.2, 0) is 16.1 Å². The summed E-state index contributed by atoms with van der Waals surface area (Å²) in [7, 11) is 1.21. The molecule has 0 unspecified atom stereocenters. The summed E-state index contributed by atoms with van der Waals surface area (Å²) in [4.78, 5) is 37.7. The number of methoxy groups -OCH3 is 1. The third kappa shape index (κ3) is 3.88. The summed E-state index contributed by atoms with van der Waals surface area (Å²) in [5.41, 5.74) is 1.08. The number of hydrogen-bond acceptors (Lipinski definition) is 6. The van der Waals surface area contributed by atoms with E-state index in [1.807, 2.05) is 37.3 Å². The second-order valence-corrected chi connectivity index (χ2v) is 7.92. The minimum atomic E-state index is -0.753. The molecular weight excluding hydrogens is 468 g/mol. The molecule has 31 heavy (non-hydrogen) atoms. The van der Waals surface area contributed by atoms with E-state index in [0.29, 0.717) is 26.8 Å². The lowest BCUT2D eigenvalue weighted by Gasteiger charge is -2.28. The Balaban J connectivity index is 1.78. The van der Waals surface area contributed by atoms with E-state index in [1.165, 1.54) is 17.7 Å². The fourth-order valence-electron chi connectivity index (χ4n) is 3.52. The normalized spacial score (nSPS) is 14.6. The van der Waals surface area contributed by atoms with Gasteiger partial charge < -0.3 is 14.2 Å². The number of amides is 1. The molecule has 9 heteroatoms. The number of hydrogen-bond donors (Lipinski definition) is 1. The predicted octanol–water partition coefficient (Wildman–Crippen LogP) is 4.25. The standard InChI is InChI=1S/C22H19BrN2O6/c1-12-10-30-19-16(23)9-17(24-22(28)31-11-13-6-4-3-5-7-13)14-8-15(21(27)29-2)20(26)25(12)18(14)19/h3-9,12H,10-11H2,1-2H3,(H,24,28)/t12-/m0/s1. The van der Waals surface area contributed by atoms with Gasteiger partial charge in [0.2, 0.25) is 0 Å². The number of aromatic nitrogens is 1. The zero-order valence-corrected chi connectivity index (χ0v) is 18.4. The van der Waals surface area contributed by atoms with Crippen molar-refractivity contribution in [3.8, 4) is 5.75 Å². The highest BCUT2D eigenvalue weighted by Crippen LogP contribution is 2.41. The number of nitrogens with zero attached hydrogens (tertiary/aromatic N) is 1. The molecule has 0 saturated carbocycles. The molecule has 1 aliphatic rings. The van der Waals surface area contributed by atoms with Crippen LogP contribution >= 0.6 is 15.9 Å². The lowest BCUT2D eigenvalue weighted by Crippen LogP contribution is -2.34. The van der Waals surface area contributed by atoms with Crippen LogP contribution in [0.15, 0.2) is 51.7 Å². The molecule has 1 atom stereocenters.